The molecule has 70 valence electrons. The van der Waals surface area contributed by atoms with E-state index in [0.29, 0.717) is 5.54 Å². The first-order valence-electron chi connectivity index (χ1n) is 5.47. The van der Waals surface area contributed by atoms with Gasteiger partial charge in [0.25, 0.3) is 0 Å². The van der Waals surface area contributed by atoms with E-state index in [0.717, 1.165) is 6.04 Å². The Balaban J connectivity index is 2.09. The topological polar surface area (TPSA) is 3.24 Å². The van der Waals surface area contributed by atoms with Gasteiger partial charge in [0.1, 0.15) is 0 Å². The van der Waals surface area contributed by atoms with Gasteiger partial charge in [-0.05, 0) is 46.1 Å². The second-order valence-corrected chi connectivity index (χ2v) is 5.05. The molecular weight excluding hydrogens is 146 g/mol. The van der Waals surface area contributed by atoms with E-state index in [-0.39, 0.29) is 0 Å². The number of fused-ring (bicyclic) bond motifs is 1. The van der Waals surface area contributed by atoms with Crippen LogP contribution >= 0.6 is 0 Å². The average Bonchev–Trinajstić information content (AvgIpc) is 2.04. The fourth-order valence-electron chi connectivity index (χ4n) is 3.01. The Labute approximate surface area is 76.1 Å². The van der Waals surface area contributed by atoms with E-state index in [9.17, 15) is 0 Å². The van der Waals surface area contributed by atoms with Crippen LogP contribution in [0.25, 0.3) is 0 Å². The lowest BCUT2D eigenvalue weighted by atomic mass is 9.82. The molecule has 2 saturated heterocycles. The van der Waals surface area contributed by atoms with E-state index in [1.54, 1.807) is 0 Å². The Morgan fingerprint density at radius 2 is 1.83 bits per heavy atom. The maximum absolute atomic E-state index is 2.76. The Hall–Kier alpha value is -0.0400. The minimum Gasteiger partial charge on any atom is -0.295 e. The summed E-state index contributed by atoms with van der Waals surface area (Å²) in [5.74, 6) is 0. The maximum Gasteiger partial charge on any atom is 0.0156 e. The van der Waals surface area contributed by atoms with Crippen LogP contribution in [0.2, 0.25) is 0 Å². The van der Waals surface area contributed by atoms with E-state index >= 15 is 0 Å². The quantitative estimate of drug-likeness (QED) is 0.536. The average molecular weight is 167 g/mol. The third kappa shape index (κ3) is 1.39. The van der Waals surface area contributed by atoms with Crippen LogP contribution in [0.1, 0.15) is 52.4 Å². The summed E-state index contributed by atoms with van der Waals surface area (Å²) in [5.41, 5.74) is 0.503. The lowest BCUT2D eigenvalue weighted by Gasteiger charge is -2.50. The van der Waals surface area contributed by atoms with Gasteiger partial charge >= 0.3 is 0 Å². The van der Waals surface area contributed by atoms with Crippen LogP contribution in [0, 0.1) is 0 Å². The summed E-state index contributed by atoms with van der Waals surface area (Å²) in [6.07, 6.45) is 8.68. The molecule has 1 nitrogen and oxygen atoms in total. The SMILES string of the molecule is CC1(C)CCCC2CCCCN21. The fraction of sp³-hybridized carbons (Fsp3) is 1.00. The zero-order valence-corrected chi connectivity index (χ0v) is 8.47. The van der Waals surface area contributed by atoms with Crippen LogP contribution in [0.15, 0.2) is 0 Å². The molecule has 0 bridgehead atoms. The Bertz CT molecular complexity index is 160. The van der Waals surface area contributed by atoms with Crippen LogP contribution in [0.3, 0.4) is 0 Å². The van der Waals surface area contributed by atoms with Crippen molar-refractivity contribution in [2.75, 3.05) is 6.54 Å². The molecule has 0 aromatic carbocycles. The van der Waals surface area contributed by atoms with Crippen molar-refractivity contribution in [3.8, 4) is 0 Å². The molecule has 2 aliphatic heterocycles. The highest BCUT2D eigenvalue weighted by atomic mass is 15.2. The van der Waals surface area contributed by atoms with Gasteiger partial charge in [-0.25, -0.2) is 0 Å². The zero-order chi connectivity index (χ0) is 8.60. The summed E-state index contributed by atoms with van der Waals surface area (Å²) in [5, 5.41) is 0. The molecule has 0 N–H and O–H groups in total. The number of rotatable bonds is 0. The molecule has 0 aliphatic carbocycles. The van der Waals surface area contributed by atoms with Crippen molar-refractivity contribution in [3.63, 3.8) is 0 Å². The molecule has 0 radical (unpaired) electrons. The third-order valence-electron chi connectivity index (χ3n) is 3.73. The molecule has 0 saturated carbocycles. The monoisotopic (exact) mass is 167 g/mol. The molecule has 1 unspecified atom stereocenters. The number of hydrogen-bond donors (Lipinski definition) is 0. The number of hydrogen-bond acceptors (Lipinski definition) is 1. The molecular formula is C11H21N. The highest BCUT2D eigenvalue weighted by molar-refractivity contribution is 4.93. The highest BCUT2D eigenvalue weighted by Gasteiger charge is 2.36. The summed E-state index contributed by atoms with van der Waals surface area (Å²) >= 11 is 0. The van der Waals surface area contributed by atoms with Crippen molar-refractivity contribution in [2.45, 2.75) is 64.0 Å². The van der Waals surface area contributed by atoms with Crippen LogP contribution in [0.5, 0.6) is 0 Å². The third-order valence-corrected chi connectivity index (χ3v) is 3.73. The number of piperidine rings is 2. The maximum atomic E-state index is 2.76. The molecule has 0 aromatic heterocycles. The van der Waals surface area contributed by atoms with Gasteiger partial charge in [0, 0.05) is 11.6 Å². The summed E-state index contributed by atoms with van der Waals surface area (Å²) in [4.78, 5) is 2.76. The van der Waals surface area contributed by atoms with Crippen molar-refractivity contribution in [3.05, 3.63) is 0 Å². The molecule has 2 aliphatic rings. The summed E-state index contributed by atoms with van der Waals surface area (Å²) in [6, 6.07) is 0.933. The fourth-order valence-corrected chi connectivity index (χ4v) is 3.01. The molecule has 2 fully saturated rings. The first kappa shape index (κ1) is 8.55. The second-order valence-electron chi connectivity index (χ2n) is 5.05. The standard InChI is InChI=1S/C11H21N/c1-11(2)8-5-7-10-6-3-4-9-12(10)11/h10H,3-9H2,1-2H3. The van der Waals surface area contributed by atoms with Gasteiger partial charge in [0.15, 0.2) is 0 Å². The smallest absolute Gasteiger partial charge is 0.0156 e. The molecule has 0 aromatic rings. The normalized spacial score (nSPS) is 36.0. The van der Waals surface area contributed by atoms with Gasteiger partial charge in [0.2, 0.25) is 0 Å². The molecule has 1 heteroatoms. The molecule has 0 amide bonds. The first-order valence-corrected chi connectivity index (χ1v) is 5.47. The van der Waals surface area contributed by atoms with Gasteiger partial charge in [0.05, 0.1) is 0 Å². The van der Waals surface area contributed by atoms with Crippen molar-refractivity contribution in [1.29, 1.82) is 0 Å². The molecule has 1 atom stereocenters. The first-order chi connectivity index (χ1) is 5.70. The summed E-state index contributed by atoms with van der Waals surface area (Å²) < 4.78 is 0. The van der Waals surface area contributed by atoms with E-state index in [1.807, 2.05) is 0 Å². The Kier molecular flexibility index (Phi) is 2.16. The van der Waals surface area contributed by atoms with Gasteiger partial charge in [-0.1, -0.05) is 12.8 Å². The van der Waals surface area contributed by atoms with Crippen molar-refractivity contribution in [2.24, 2.45) is 0 Å². The molecule has 0 spiro atoms. The summed E-state index contributed by atoms with van der Waals surface area (Å²) in [7, 11) is 0. The molecule has 2 rings (SSSR count). The largest absolute Gasteiger partial charge is 0.295 e. The lowest BCUT2D eigenvalue weighted by molar-refractivity contribution is 0.0000390. The van der Waals surface area contributed by atoms with Crippen molar-refractivity contribution in [1.82, 2.24) is 4.90 Å². The molecule has 12 heavy (non-hydrogen) atoms. The van der Waals surface area contributed by atoms with E-state index in [2.05, 4.69) is 18.7 Å². The second kappa shape index (κ2) is 3.02. The van der Waals surface area contributed by atoms with Gasteiger partial charge in [-0.15, -0.1) is 0 Å². The van der Waals surface area contributed by atoms with E-state index < -0.39 is 0 Å². The van der Waals surface area contributed by atoms with Gasteiger partial charge < -0.3 is 0 Å². The van der Waals surface area contributed by atoms with Gasteiger partial charge in [-0.2, -0.15) is 0 Å². The van der Waals surface area contributed by atoms with E-state index in [1.165, 1.54) is 45.1 Å². The van der Waals surface area contributed by atoms with Crippen LogP contribution in [-0.4, -0.2) is 23.0 Å². The predicted octanol–water partition coefficient (Wildman–Crippen LogP) is 2.80. The predicted molar refractivity (Wildman–Crippen MR) is 52.3 cm³/mol. The Morgan fingerprint density at radius 1 is 1.08 bits per heavy atom. The highest BCUT2D eigenvalue weighted by Crippen LogP contribution is 2.36. The van der Waals surface area contributed by atoms with Crippen molar-refractivity contribution < 1.29 is 0 Å². The minimum absolute atomic E-state index is 0.503. The Morgan fingerprint density at radius 3 is 2.58 bits per heavy atom. The minimum atomic E-state index is 0.503. The van der Waals surface area contributed by atoms with E-state index in [4.69, 9.17) is 0 Å². The van der Waals surface area contributed by atoms with Crippen LogP contribution in [-0.2, 0) is 0 Å². The molecule has 2 heterocycles. The van der Waals surface area contributed by atoms with Crippen LogP contribution < -0.4 is 0 Å². The zero-order valence-electron chi connectivity index (χ0n) is 8.47. The van der Waals surface area contributed by atoms with Crippen LogP contribution in [0.4, 0.5) is 0 Å². The number of nitrogens with zero attached hydrogens (tertiary/aromatic N) is 1. The van der Waals surface area contributed by atoms with Gasteiger partial charge in [-0.3, -0.25) is 4.90 Å². The lowest BCUT2D eigenvalue weighted by Crippen LogP contribution is -2.54. The van der Waals surface area contributed by atoms with Crippen molar-refractivity contribution >= 4 is 0 Å². The summed E-state index contributed by atoms with van der Waals surface area (Å²) in [6.45, 7) is 6.20.